The lowest BCUT2D eigenvalue weighted by molar-refractivity contribution is -0.121. The second kappa shape index (κ2) is 9.02. The minimum atomic E-state index is -3.73. The first-order chi connectivity index (χ1) is 11.9. The maximum absolute atomic E-state index is 12.4. The molecule has 140 valence electrons. The Hall–Kier alpha value is -1.84. The first-order valence-corrected chi connectivity index (χ1v) is 9.58. The van der Waals surface area contributed by atoms with E-state index in [-0.39, 0.29) is 29.8 Å². The van der Waals surface area contributed by atoms with Crippen molar-refractivity contribution in [3.05, 3.63) is 18.2 Å². The molecule has 0 saturated heterocycles. The number of rotatable bonds is 8. The average Bonchev–Trinajstić information content (AvgIpc) is 2.79. The number of hydrogen-bond acceptors (Lipinski definition) is 6. The highest BCUT2D eigenvalue weighted by atomic mass is 32.2. The number of methoxy groups -OCH3 is 1. The van der Waals surface area contributed by atoms with Crippen molar-refractivity contribution in [1.82, 2.24) is 10.0 Å². The molecule has 1 unspecified atom stereocenters. The van der Waals surface area contributed by atoms with E-state index in [0.29, 0.717) is 31.3 Å². The monoisotopic (exact) mass is 372 g/mol. The zero-order valence-corrected chi connectivity index (χ0v) is 15.2. The zero-order valence-electron chi connectivity index (χ0n) is 14.4. The second-order valence-corrected chi connectivity index (χ2v) is 7.50. The van der Waals surface area contributed by atoms with Gasteiger partial charge in [0.15, 0.2) is 11.5 Å². The molecule has 2 rings (SSSR count). The number of benzene rings is 1. The number of ether oxygens (including phenoxy) is 3. The number of nitrogens with one attached hydrogen (secondary N) is 2. The minimum absolute atomic E-state index is 0.00229. The molecule has 25 heavy (non-hydrogen) atoms. The molecule has 0 aromatic heterocycles. The van der Waals surface area contributed by atoms with Crippen LogP contribution in [0.5, 0.6) is 11.5 Å². The number of hydrogen-bond donors (Lipinski definition) is 2. The summed E-state index contributed by atoms with van der Waals surface area (Å²) in [6.07, 6.45) is 0.781. The number of amides is 1. The summed E-state index contributed by atoms with van der Waals surface area (Å²) in [6, 6.07) is 4.34. The van der Waals surface area contributed by atoms with Gasteiger partial charge in [-0.1, -0.05) is 0 Å². The number of fused-ring (bicyclic) bond motifs is 1. The quantitative estimate of drug-likeness (QED) is 0.695. The van der Waals surface area contributed by atoms with Crippen LogP contribution in [0.2, 0.25) is 0 Å². The number of carbonyl (C=O) groups is 1. The third-order valence-corrected chi connectivity index (χ3v) is 4.96. The van der Waals surface area contributed by atoms with Gasteiger partial charge in [0.05, 0.1) is 24.7 Å². The van der Waals surface area contributed by atoms with Gasteiger partial charge in [-0.2, -0.15) is 0 Å². The van der Waals surface area contributed by atoms with E-state index in [9.17, 15) is 13.2 Å². The lowest BCUT2D eigenvalue weighted by Gasteiger charge is -2.13. The first-order valence-electron chi connectivity index (χ1n) is 8.10. The summed E-state index contributed by atoms with van der Waals surface area (Å²) in [5.41, 5.74) is 0. The highest BCUT2D eigenvalue weighted by Gasteiger charge is 2.19. The van der Waals surface area contributed by atoms with Crippen LogP contribution in [0.4, 0.5) is 0 Å². The van der Waals surface area contributed by atoms with Crippen molar-refractivity contribution >= 4 is 15.9 Å². The summed E-state index contributed by atoms with van der Waals surface area (Å²) in [7, 11) is -2.18. The predicted molar refractivity (Wildman–Crippen MR) is 91.3 cm³/mol. The van der Waals surface area contributed by atoms with Crippen LogP contribution in [-0.4, -0.2) is 53.8 Å². The summed E-state index contributed by atoms with van der Waals surface area (Å²) >= 11 is 0. The third kappa shape index (κ3) is 5.87. The van der Waals surface area contributed by atoms with Crippen LogP contribution in [0.15, 0.2) is 23.1 Å². The molecule has 0 aliphatic carbocycles. The molecule has 1 aromatic carbocycles. The van der Waals surface area contributed by atoms with Crippen LogP contribution >= 0.6 is 0 Å². The predicted octanol–water partition coefficient (Wildman–Crippen LogP) is 0.667. The molecule has 1 amide bonds. The maximum Gasteiger partial charge on any atom is 0.240 e. The third-order valence-electron chi connectivity index (χ3n) is 3.50. The molecule has 0 radical (unpaired) electrons. The standard InChI is InChI=1S/C16H24N2O6S/c1-12(11-22-2)18-16(19)6-7-17-25(20,21)13-4-5-14-15(10-13)24-9-3-8-23-14/h4-5,10,12,17H,3,6-9,11H2,1-2H3,(H,18,19). The first kappa shape index (κ1) is 19.5. The lowest BCUT2D eigenvalue weighted by atomic mass is 10.3. The van der Waals surface area contributed by atoms with Crippen LogP contribution < -0.4 is 19.5 Å². The molecule has 2 N–H and O–H groups in total. The van der Waals surface area contributed by atoms with Crippen LogP contribution in [-0.2, 0) is 19.6 Å². The van der Waals surface area contributed by atoms with Crippen LogP contribution in [0.1, 0.15) is 19.8 Å². The molecule has 1 atom stereocenters. The van der Waals surface area contributed by atoms with E-state index < -0.39 is 10.0 Å². The topological polar surface area (TPSA) is 103 Å². The molecule has 1 heterocycles. The molecule has 0 bridgehead atoms. The Labute approximate surface area is 147 Å². The Morgan fingerprint density at radius 3 is 2.72 bits per heavy atom. The molecule has 0 spiro atoms. The summed E-state index contributed by atoms with van der Waals surface area (Å²) in [4.78, 5) is 11.8. The fourth-order valence-corrected chi connectivity index (χ4v) is 3.38. The molecule has 9 heteroatoms. The van der Waals surface area contributed by atoms with Gasteiger partial charge < -0.3 is 19.5 Å². The Balaban J connectivity index is 1.91. The van der Waals surface area contributed by atoms with Gasteiger partial charge in [-0.25, -0.2) is 13.1 Å². The Kier molecular flexibility index (Phi) is 7.03. The summed E-state index contributed by atoms with van der Waals surface area (Å²) in [5, 5.41) is 2.72. The smallest absolute Gasteiger partial charge is 0.240 e. The second-order valence-electron chi connectivity index (χ2n) is 5.73. The van der Waals surface area contributed by atoms with Gasteiger partial charge in [-0.05, 0) is 19.1 Å². The molecule has 8 nitrogen and oxygen atoms in total. The van der Waals surface area contributed by atoms with E-state index in [2.05, 4.69) is 10.0 Å². The summed E-state index contributed by atoms with van der Waals surface area (Å²) in [6.45, 7) is 3.22. The van der Waals surface area contributed by atoms with E-state index in [0.717, 1.165) is 6.42 Å². The van der Waals surface area contributed by atoms with Crippen molar-refractivity contribution < 1.29 is 27.4 Å². The molecule has 0 saturated carbocycles. The molecule has 0 fully saturated rings. The van der Waals surface area contributed by atoms with Crippen molar-refractivity contribution in [1.29, 1.82) is 0 Å². The summed E-state index contributed by atoms with van der Waals surface area (Å²) < 4.78 is 43.0. The Morgan fingerprint density at radius 1 is 1.28 bits per heavy atom. The van der Waals surface area contributed by atoms with E-state index in [1.807, 2.05) is 6.92 Å². The van der Waals surface area contributed by atoms with Crippen molar-refractivity contribution in [3.8, 4) is 11.5 Å². The SMILES string of the molecule is COCC(C)NC(=O)CCNS(=O)(=O)c1ccc2c(c1)OCCCO2. The largest absolute Gasteiger partial charge is 0.490 e. The fourth-order valence-electron chi connectivity index (χ4n) is 2.33. The zero-order chi connectivity index (χ0) is 18.3. The highest BCUT2D eigenvalue weighted by molar-refractivity contribution is 7.89. The van der Waals surface area contributed by atoms with E-state index in [1.54, 1.807) is 13.2 Å². The fraction of sp³-hybridized carbons (Fsp3) is 0.562. The van der Waals surface area contributed by atoms with E-state index in [1.165, 1.54) is 12.1 Å². The Bertz CT molecular complexity index is 692. The molecule has 1 aliphatic heterocycles. The van der Waals surface area contributed by atoms with Crippen molar-refractivity contribution in [2.75, 3.05) is 33.5 Å². The van der Waals surface area contributed by atoms with Crippen molar-refractivity contribution in [3.63, 3.8) is 0 Å². The van der Waals surface area contributed by atoms with Crippen LogP contribution in [0.3, 0.4) is 0 Å². The van der Waals surface area contributed by atoms with Gasteiger partial charge in [-0.3, -0.25) is 4.79 Å². The molecule has 1 aromatic rings. The van der Waals surface area contributed by atoms with Gasteiger partial charge in [-0.15, -0.1) is 0 Å². The average molecular weight is 372 g/mol. The van der Waals surface area contributed by atoms with Gasteiger partial charge in [0, 0.05) is 38.6 Å². The molecule has 1 aliphatic rings. The van der Waals surface area contributed by atoms with Crippen LogP contribution in [0, 0.1) is 0 Å². The highest BCUT2D eigenvalue weighted by Crippen LogP contribution is 2.31. The van der Waals surface area contributed by atoms with Gasteiger partial charge in [0.2, 0.25) is 15.9 Å². The Morgan fingerprint density at radius 2 is 2.00 bits per heavy atom. The number of sulfonamides is 1. The summed E-state index contributed by atoms with van der Waals surface area (Å²) in [5.74, 6) is 0.695. The van der Waals surface area contributed by atoms with Crippen molar-refractivity contribution in [2.24, 2.45) is 0 Å². The van der Waals surface area contributed by atoms with E-state index >= 15 is 0 Å². The van der Waals surface area contributed by atoms with Crippen molar-refractivity contribution in [2.45, 2.75) is 30.7 Å². The minimum Gasteiger partial charge on any atom is -0.490 e. The molecular formula is C16H24N2O6S. The van der Waals surface area contributed by atoms with Gasteiger partial charge in [0.1, 0.15) is 0 Å². The van der Waals surface area contributed by atoms with E-state index in [4.69, 9.17) is 14.2 Å². The van der Waals surface area contributed by atoms with Crippen LogP contribution in [0.25, 0.3) is 0 Å². The lowest BCUT2D eigenvalue weighted by Crippen LogP contribution is -2.37. The molecular weight excluding hydrogens is 348 g/mol. The maximum atomic E-state index is 12.4. The van der Waals surface area contributed by atoms with Gasteiger partial charge >= 0.3 is 0 Å². The normalized spacial score (nSPS) is 15.3. The van der Waals surface area contributed by atoms with Gasteiger partial charge in [0.25, 0.3) is 0 Å². The number of carbonyl (C=O) groups excluding carboxylic acids is 1.